The summed E-state index contributed by atoms with van der Waals surface area (Å²) in [5.41, 5.74) is 2.04. The van der Waals surface area contributed by atoms with E-state index in [2.05, 4.69) is 5.32 Å². The van der Waals surface area contributed by atoms with Crippen molar-refractivity contribution in [3.8, 4) is 23.3 Å². The number of nitriles is 1. The van der Waals surface area contributed by atoms with Gasteiger partial charge >= 0.3 is 0 Å². The fraction of sp³-hybridized carbons (Fsp3) is 0.115. The highest BCUT2D eigenvalue weighted by Gasteiger charge is 2.41. The van der Waals surface area contributed by atoms with Gasteiger partial charge in [-0.1, -0.05) is 18.2 Å². The molecule has 1 heterocycles. The number of methoxy groups -OCH3 is 3. The van der Waals surface area contributed by atoms with Crippen LogP contribution in [-0.4, -0.2) is 33.1 Å². The fourth-order valence-corrected chi connectivity index (χ4v) is 3.72. The number of nitrogens with one attached hydrogen (secondary N) is 1. The number of nitrogens with zero attached hydrogens (tertiary/aromatic N) is 2. The predicted molar refractivity (Wildman–Crippen MR) is 127 cm³/mol. The monoisotopic (exact) mass is 455 g/mol. The quantitative estimate of drug-likeness (QED) is 0.538. The molecule has 3 aromatic carbocycles. The van der Waals surface area contributed by atoms with E-state index in [4.69, 9.17) is 19.5 Å². The number of hydrogen-bond donors (Lipinski definition) is 1. The van der Waals surface area contributed by atoms with Gasteiger partial charge in [-0.05, 0) is 42.5 Å². The van der Waals surface area contributed by atoms with Crippen molar-refractivity contribution >= 4 is 28.8 Å². The lowest BCUT2D eigenvalue weighted by Crippen LogP contribution is -2.32. The van der Waals surface area contributed by atoms with E-state index in [9.17, 15) is 9.59 Å². The Morgan fingerprint density at radius 2 is 1.47 bits per heavy atom. The number of amides is 2. The first-order chi connectivity index (χ1) is 16.5. The van der Waals surface area contributed by atoms with Crippen molar-refractivity contribution in [3.05, 3.63) is 83.6 Å². The van der Waals surface area contributed by atoms with E-state index in [1.807, 2.05) is 6.07 Å². The number of anilines is 2. The van der Waals surface area contributed by atoms with Crippen LogP contribution in [0.25, 0.3) is 5.57 Å². The van der Waals surface area contributed by atoms with Crippen molar-refractivity contribution in [2.45, 2.75) is 0 Å². The molecule has 0 aliphatic carbocycles. The SMILES string of the molecule is COc1ccc(NC2=C(c3ccccc3OC)C(=O)N(c3ccc(C#N)cc3)C2=O)cc1OC. The van der Waals surface area contributed by atoms with Gasteiger partial charge in [-0.25, -0.2) is 4.90 Å². The van der Waals surface area contributed by atoms with Crippen molar-refractivity contribution < 1.29 is 23.8 Å². The third kappa shape index (κ3) is 3.91. The van der Waals surface area contributed by atoms with Crippen molar-refractivity contribution in [3.63, 3.8) is 0 Å². The van der Waals surface area contributed by atoms with Crippen LogP contribution in [0.2, 0.25) is 0 Å². The minimum absolute atomic E-state index is 0.0890. The molecule has 3 aromatic rings. The highest BCUT2D eigenvalue weighted by atomic mass is 16.5. The maximum atomic E-state index is 13.6. The van der Waals surface area contributed by atoms with Crippen LogP contribution in [0.15, 0.2) is 72.4 Å². The molecule has 0 saturated carbocycles. The Morgan fingerprint density at radius 3 is 2.12 bits per heavy atom. The van der Waals surface area contributed by atoms with E-state index < -0.39 is 11.8 Å². The highest BCUT2D eigenvalue weighted by Crippen LogP contribution is 2.38. The number of rotatable bonds is 7. The summed E-state index contributed by atoms with van der Waals surface area (Å²) in [6.45, 7) is 0. The minimum atomic E-state index is -0.537. The second-order valence-corrected chi connectivity index (χ2v) is 7.25. The lowest BCUT2D eigenvalue weighted by molar-refractivity contribution is -0.120. The van der Waals surface area contributed by atoms with Gasteiger partial charge in [-0.2, -0.15) is 5.26 Å². The Kier molecular flexibility index (Phi) is 6.19. The predicted octanol–water partition coefficient (Wildman–Crippen LogP) is 3.98. The van der Waals surface area contributed by atoms with Crippen LogP contribution >= 0.6 is 0 Å². The Balaban J connectivity index is 1.84. The zero-order chi connectivity index (χ0) is 24.2. The lowest BCUT2D eigenvalue weighted by Gasteiger charge is -2.16. The third-order valence-corrected chi connectivity index (χ3v) is 5.37. The van der Waals surface area contributed by atoms with Gasteiger partial charge in [0.1, 0.15) is 11.4 Å². The molecule has 0 spiro atoms. The average Bonchev–Trinajstić information content (AvgIpc) is 3.12. The Bertz CT molecular complexity index is 1340. The zero-order valence-corrected chi connectivity index (χ0v) is 18.8. The summed E-state index contributed by atoms with van der Waals surface area (Å²) < 4.78 is 16.1. The molecular formula is C26H21N3O5. The van der Waals surface area contributed by atoms with Crippen LogP contribution < -0.4 is 24.4 Å². The third-order valence-electron chi connectivity index (χ3n) is 5.37. The van der Waals surface area contributed by atoms with Gasteiger partial charge in [0.15, 0.2) is 11.5 Å². The van der Waals surface area contributed by atoms with Crippen molar-refractivity contribution in [1.29, 1.82) is 5.26 Å². The normalized spacial score (nSPS) is 13.1. The Labute approximate surface area is 196 Å². The summed E-state index contributed by atoms with van der Waals surface area (Å²) >= 11 is 0. The first-order valence-electron chi connectivity index (χ1n) is 10.3. The van der Waals surface area contributed by atoms with Gasteiger partial charge < -0.3 is 19.5 Å². The summed E-state index contributed by atoms with van der Waals surface area (Å²) in [6, 6.07) is 20.3. The van der Waals surface area contributed by atoms with Crippen LogP contribution in [0.3, 0.4) is 0 Å². The Morgan fingerprint density at radius 1 is 0.794 bits per heavy atom. The van der Waals surface area contributed by atoms with Crippen molar-refractivity contribution in [1.82, 2.24) is 0 Å². The van der Waals surface area contributed by atoms with Crippen LogP contribution in [-0.2, 0) is 9.59 Å². The van der Waals surface area contributed by atoms with Crippen LogP contribution in [0, 0.1) is 11.3 Å². The first kappa shape index (κ1) is 22.4. The lowest BCUT2D eigenvalue weighted by atomic mass is 10.0. The van der Waals surface area contributed by atoms with Gasteiger partial charge in [0.2, 0.25) is 0 Å². The van der Waals surface area contributed by atoms with Gasteiger partial charge in [0.25, 0.3) is 11.8 Å². The summed E-state index contributed by atoms with van der Waals surface area (Å²) in [6.07, 6.45) is 0. The number of benzene rings is 3. The van der Waals surface area contributed by atoms with Crippen LogP contribution in [0.5, 0.6) is 17.2 Å². The molecule has 0 bridgehead atoms. The van der Waals surface area contributed by atoms with E-state index in [0.29, 0.717) is 39.8 Å². The molecule has 1 aliphatic rings. The van der Waals surface area contributed by atoms with Gasteiger partial charge in [-0.3, -0.25) is 9.59 Å². The topological polar surface area (TPSA) is 101 Å². The second kappa shape index (κ2) is 9.38. The molecule has 0 radical (unpaired) electrons. The molecule has 8 nitrogen and oxygen atoms in total. The summed E-state index contributed by atoms with van der Waals surface area (Å²) in [5.74, 6) is 0.396. The molecule has 0 aromatic heterocycles. The van der Waals surface area contributed by atoms with Gasteiger partial charge in [-0.15, -0.1) is 0 Å². The zero-order valence-electron chi connectivity index (χ0n) is 18.8. The van der Waals surface area contributed by atoms with Crippen molar-refractivity contribution in [2.75, 3.05) is 31.5 Å². The molecule has 1 aliphatic heterocycles. The summed E-state index contributed by atoms with van der Waals surface area (Å²) in [7, 11) is 4.54. The molecular weight excluding hydrogens is 434 g/mol. The minimum Gasteiger partial charge on any atom is -0.496 e. The number of carbonyl (C=O) groups is 2. The molecule has 2 amide bonds. The van der Waals surface area contributed by atoms with E-state index in [0.717, 1.165) is 4.90 Å². The smallest absolute Gasteiger partial charge is 0.282 e. The number of hydrogen-bond acceptors (Lipinski definition) is 7. The van der Waals surface area contributed by atoms with E-state index in [-0.39, 0.29) is 11.3 Å². The molecule has 4 rings (SSSR count). The van der Waals surface area contributed by atoms with Crippen LogP contribution in [0.4, 0.5) is 11.4 Å². The number of ether oxygens (including phenoxy) is 3. The standard InChI is InChI=1S/C26H21N3O5/c1-32-20-7-5-4-6-19(20)23-24(28-17-10-13-21(33-2)22(14-17)34-3)26(31)29(25(23)30)18-11-8-16(15-27)9-12-18/h4-14,28H,1-3H3. The molecule has 0 atom stereocenters. The van der Waals surface area contributed by atoms with Crippen molar-refractivity contribution in [2.24, 2.45) is 0 Å². The summed E-state index contributed by atoms with van der Waals surface area (Å²) in [5, 5.41) is 12.2. The van der Waals surface area contributed by atoms with Gasteiger partial charge in [0.05, 0.1) is 44.2 Å². The Hall–Kier alpha value is -4.77. The molecule has 8 heteroatoms. The number of para-hydroxylation sites is 1. The van der Waals surface area contributed by atoms with E-state index >= 15 is 0 Å². The number of carbonyl (C=O) groups excluding carboxylic acids is 2. The van der Waals surface area contributed by atoms with E-state index in [1.165, 1.54) is 21.3 Å². The highest BCUT2D eigenvalue weighted by molar-refractivity contribution is 6.46. The summed E-state index contributed by atoms with van der Waals surface area (Å²) in [4.78, 5) is 28.2. The van der Waals surface area contributed by atoms with E-state index in [1.54, 1.807) is 66.7 Å². The average molecular weight is 455 g/mol. The maximum Gasteiger partial charge on any atom is 0.282 e. The largest absolute Gasteiger partial charge is 0.496 e. The van der Waals surface area contributed by atoms with Gasteiger partial charge in [0, 0.05) is 17.3 Å². The molecule has 0 saturated heterocycles. The van der Waals surface area contributed by atoms with Crippen LogP contribution in [0.1, 0.15) is 11.1 Å². The molecule has 170 valence electrons. The second-order valence-electron chi connectivity index (χ2n) is 7.25. The fourth-order valence-electron chi connectivity index (χ4n) is 3.72. The molecule has 0 unspecified atom stereocenters. The molecule has 34 heavy (non-hydrogen) atoms. The maximum absolute atomic E-state index is 13.6. The molecule has 0 fully saturated rings. The number of imide groups is 1. The molecule has 1 N–H and O–H groups in total. The first-order valence-corrected chi connectivity index (χ1v) is 10.3.